The summed E-state index contributed by atoms with van der Waals surface area (Å²) in [6.45, 7) is 1.71. The average molecular weight is 236 g/mol. The maximum absolute atomic E-state index is 9.19. The first-order chi connectivity index (χ1) is 5.09. The van der Waals surface area contributed by atoms with Crippen molar-refractivity contribution in [2.24, 2.45) is 0 Å². The van der Waals surface area contributed by atoms with Gasteiger partial charge in [0.15, 0.2) is 0 Å². The second-order valence-electron chi connectivity index (χ2n) is 2.38. The van der Waals surface area contributed by atoms with Crippen molar-refractivity contribution in [3.8, 4) is 0 Å². The standard InChI is InChI=1S/C8H8BrClO/c1-5(11)6-2-7(9)4-8(10)3-6/h2-5,11H,1H3/t5-/m1/s1. The first-order valence-electron chi connectivity index (χ1n) is 3.23. The van der Waals surface area contributed by atoms with Crippen LogP contribution in [0.15, 0.2) is 22.7 Å². The van der Waals surface area contributed by atoms with Crippen LogP contribution in [0.25, 0.3) is 0 Å². The number of aliphatic hydroxyl groups is 1. The van der Waals surface area contributed by atoms with Gasteiger partial charge in [0, 0.05) is 9.50 Å². The Morgan fingerprint density at radius 2 is 2.09 bits per heavy atom. The highest BCUT2D eigenvalue weighted by molar-refractivity contribution is 9.10. The van der Waals surface area contributed by atoms with Crippen molar-refractivity contribution in [2.45, 2.75) is 13.0 Å². The lowest BCUT2D eigenvalue weighted by Gasteiger charge is -2.04. The van der Waals surface area contributed by atoms with Crippen LogP contribution in [0.4, 0.5) is 0 Å². The minimum Gasteiger partial charge on any atom is -0.389 e. The minimum atomic E-state index is -0.468. The zero-order valence-electron chi connectivity index (χ0n) is 6.01. The van der Waals surface area contributed by atoms with E-state index in [-0.39, 0.29) is 0 Å². The van der Waals surface area contributed by atoms with Crippen LogP contribution in [0.5, 0.6) is 0 Å². The van der Waals surface area contributed by atoms with Crippen molar-refractivity contribution in [1.29, 1.82) is 0 Å². The molecule has 0 saturated heterocycles. The van der Waals surface area contributed by atoms with Crippen LogP contribution in [0, 0.1) is 0 Å². The van der Waals surface area contributed by atoms with E-state index in [0.717, 1.165) is 10.0 Å². The molecule has 0 radical (unpaired) electrons. The Balaban J connectivity index is 3.08. The van der Waals surface area contributed by atoms with Gasteiger partial charge in [-0.25, -0.2) is 0 Å². The third kappa shape index (κ3) is 2.47. The van der Waals surface area contributed by atoms with Gasteiger partial charge in [-0.15, -0.1) is 0 Å². The number of hydrogen-bond donors (Lipinski definition) is 1. The number of benzene rings is 1. The van der Waals surface area contributed by atoms with Gasteiger partial charge in [-0.1, -0.05) is 27.5 Å². The van der Waals surface area contributed by atoms with Crippen LogP contribution in [-0.2, 0) is 0 Å². The van der Waals surface area contributed by atoms with Crippen LogP contribution in [0.2, 0.25) is 5.02 Å². The van der Waals surface area contributed by atoms with Crippen LogP contribution in [-0.4, -0.2) is 5.11 Å². The Morgan fingerprint density at radius 1 is 1.45 bits per heavy atom. The van der Waals surface area contributed by atoms with E-state index in [1.807, 2.05) is 6.07 Å². The molecule has 0 aliphatic rings. The molecule has 0 unspecified atom stereocenters. The molecule has 0 amide bonds. The molecule has 0 aliphatic heterocycles. The fraction of sp³-hybridized carbons (Fsp3) is 0.250. The van der Waals surface area contributed by atoms with Gasteiger partial charge in [0.2, 0.25) is 0 Å². The fourth-order valence-electron chi connectivity index (χ4n) is 0.816. The number of halogens is 2. The SMILES string of the molecule is C[C@@H](O)c1cc(Cl)cc(Br)c1. The van der Waals surface area contributed by atoms with Crippen molar-refractivity contribution in [1.82, 2.24) is 0 Å². The lowest BCUT2D eigenvalue weighted by Crippen LogP contribution is -1.89. The summed E-state index contributed by atoms with van der Waals surface area (Å²) >= 11 is 9.04. The first-order valence-corrected chi connectivity index (χ1v) is 4.41. The Hall–Kier alpha value is -0.0500. The maximum Gasteiger partial charge on any atom is 0.0762 e. The summed E-state index contributed by atoms with van der Waals surface area (Å²) in [4.78, 5) is 0. The Kier molecular flexibility index (Phi) is 2.93. The van der Waals surface area contributed by atoms with Crippen LogP contribution >= 0.6 is 27.5 Å². The Labute approximate surface area is 79.1 Å². The highest BCUT2D eigenvalue weighted by Crippen LogP contribution is 2.23. The zero-order valence-corrected chi connectivity index (χ0v) is 8.35. The van der Waals surface area contributed by atoms with Gasteiger partial charge in [-0.05, 0) is 30.7 Å². The largest absolute Gasteiger partial charge is 0.389 e. The molecule has 0 heterocycles. The summed E-state index contributed by atoms with van der Waals surface area (Å²) in [5.74, 6) is 0. The van der Waals surface area contributed by atoms with Gasteiger partial charge >= 0.3 is 0 Å². The van der Waals surface area contributed by atoms with E-state index in [1.54, 1.807) is 19.1 Å². The Bertz CT molecular complexity index is 240. The predicted molar refractivity (Wildman–Crippen MR) is 49.8 cm³/mol. The number of hydrogen-bond acceptors (Lipinski definition) is 1. The van der Waals surface area contributed by atoms with E-state index in [0.29, 0.717) is 5.02 Å². The van der Waals surface area contributed by atoms with Gasteiger partial charge in [-0.3, -0.25) is 0 Å². The highest BCUT2D eigenvalue weighted by atomic mass is 79.9. The molecule has 1 aromatic carbocycles. The van der Waals surface area contributed by atoms with E-state index in [1.165, 1.54) is 0 Å². The summed E-state index contributed by atoms with van der Waals surface area (Å²) in [5.41, 5.74) is 0.823. The van der Waals surface area contributed by atoms with E-state index >= 15 is 0 Å². The van der Waals surface area contributed by atoms with Gasteiger partial charge in [-0.2, -0.15) is 0 Å². The van der Waals surface area contributed by atoms with Crippen LogP contribution in [0.3, 0.4) is 0 Å². The summed E-state index contributed by atoms with van der Waals surface area (Å²) in [5, 5.41) is 9.83. The molecular formula is C8H8BrClO. The molecule has 1 nitrogen and oxygen atoms in total. The predicted octanol–water partition coefficient (Wildman–Crippen LogP) is 3.16. The molecular weight excluding hydrogens is 227 g/mol. The van der Waals surface area contributed by atoms with E-state index in [2.05, 4.69) is 15.9 Å². The smallest absolute Gasteiger partial charge is 0.0762 e. The summed E-state index contributed by atoms with van der Waals surface area (Å²) in [6, 6.07) is 5.38. The third-order valence-corrected chi connectivity index (χ3v) is 2.04. The zero-order chi connectivity index (χ0) is 8.43. The normalized spacial score (nSPS) is 13.1. The van der Waals surface area contributed by atoms with Gasteiger partial charge in [0.1, 0.15) is 0 Å². The van der Waals surface area contributed by atoms with Crippen molar-refractivity contribution in [2.75, 3.05) is 0 Å². The molecule has 1 rings (SSSR count). The van der Waals surface area contributed by atoms with Crippen molar-refractivity contribution >= 4 is 27.5 Å². The first kappa shape index (κ1) is 9.04. The summed E-state index contributed by atoms with van der Waals surface area (Å²) < 4.78 is 0.890. The summed E-state index contributed by atoms with van der Waals surface area (Å²) in [6.07, 6.45) is -0.468. The van der Waals surface area contributed by atoms with Gasteiger partial charge in [0.05, 0.1) is 6.10 Å². The number of rotatable bonds is 1. The third-order valence-electron chi connectivity index (χ3n) is 1.37. The quantitative estimate of drug-likeness (QED) is 0.793. The molecule has 0 bridgehead atoms. The van der Waals surface area contributed by atoms with Crippen LogP contribution < -0.4 is 0 Å². The average Bonchev–Trinajstić information content (AvgIpc) is 1.85. The molecule has 60 valence electrons. The molecule has 0 fully saturated rings. The van der Waals surface area contributed by atoms with E-state index in [4.69, 9.17) is 11.6 Å². The lowest BCUT2D eigenvalue weighted by atomic mass is 10.1. The fourth-order valence-corrected chi connectivity index (χ4v) is 1.70. The van der Waals surface area contributed by atoms with E-state index < -0.39 is 6.10 Å². The second-order valence-corrected chi connectivity index (χ2v) is 3.73. The molecule has 1 N–H and O–H groups in total. The van der Waals surface area contributed by atoms with Crippen molar-refractivity contribution < 1.29 is 5.11 Å². The second kappa shape index (κ2) is 3.57. The highest BCUT2D eigenvalue weighted by Gasteiger charge is 2.02. The van der Waals surface area contributed by atoms with Gasteiger partial charge in [0.25, 0.3) is 0 Å². The molecule has 0 aromatic heterocycles. The molecule has 3 heteroatoms. The molecule has 0 spiro atoms. The van der Waals surface area contributed by atoms with E-state index in [9.17, 15) is 5.11 Å². The minimum absolute atomic E-state index is 0.468. The van der Waals surface area contributed by atoms with Crippen molar-refractivity contribution in [3.63, 3.8) is 0 Å². The van der Waals surface area contributed by atoms with Gasteiger partial charge < -0.3 is 5.11 Å². The maximum atomic E-state index is 9.19. The lowest BCUT2D eigenvalue weighted by molar-refractivity contribution is 0.199. The molecule has 0 saturated carbocycles. The molecule has 1 atom stereocenters. The number of aliphatic hydroxyl groups excluding tert-OH is 1. The Morgan fingerprint density at radius 3 is 2.55 bits per heavy atom. The monoisotopic (exact) mass is 234 g/mol. The topological polar surface area (TPSA) is 20.2 Å². The summed E-state index contributed by atoms with van der Waals surface area (Å²) in [7, 11) is 0. The van der Waals surface area contributed by atoms with Crippen molar-refractivity contribution in [3.05, 3.63) is 33.3 Å². The molecule has 1 aromatic rings. The molecule has 0 aliphatic carbocycles. The molecule has 11 heavy (non-hydrogen) atoms. The van der Waals surface area contributed by atoms with Crippen LogP contribution in [0.1, 0.15) is 18.6 Å².